The number of hydrogen-bond donors (Lipinski definition) is 10. The van der Waals surface area contributed by atoms with Gasteiger partial charge in [-0.1, -0.05) is 0 Å². The molecule has 0 amide bonds. The minimum atomic E-state index is -4.67. The SMILES string of the molecule is Nc1ccn([C@@H]2O[C@H](CO)C(O)C2O)c(=O)n1.Nc1ccn([C@H]2O[C@@H](CO)C(O)C2O)c(=O)n1.O=S(=O)(O)O. The van der Waals surface area contributed by atoms with Gasteiger partial charge in [0.2, 0.25) is 0 Å². The molecule has 8 atom stereocenters. The van der Waals surface area contributed by atoms with E-state index in [-0.39, 0.29) is 11.6 Å². The molecule has 4 heterocycles. The van der Waals surface area contributed by atoms with Crippen molar-refractivity contribution in [3.05, 3.63) is 45.5 Å². The van der Waals surface area contributed by atoms with Gasteiger partial charge in [0, 0.05) is 12.4 Å². The van der Waals surface area contributed by atoms with Crippen LogP contribution in [0.5, 0.6) is 0 Å². The van der Waals surface area contributed by atoms with Gasteiger partial charge in [-0.15, -0.1) is 0 Å². The number of nitrogen functional groups attached to an aromatic ring is 2. The molecule has 2 saturated heterocycles. The van der Waals surface area contributed by atoms with Crippen molar-refractivity contribution in [3.63, 3.8) is 0 Å². The summed E-state index contributed by atoms with van der Waals surface area (Å²) in [6.07, 6.45) is -6.53. The molecule has 4 unspecified atom stereocenters. The van der Waals surface area contributed by atoms with Crippen LogP contribution in [-0.2, 0) is 19.9 Å². The largest absolute Gasteiger partial charge is 0.394 e. The van der Waals surface area contributed by atoms with E-state index in [0.717, 1.165) is 9.13 Å². The van der Waals surface area contributed by atoms with Crippen LogP contribution < -0.4 is 22.8 Å². The van der Waals surface area contributed by atoms with E-state index in [1.165, 1.54) is 24.5 Å². The maximum absolute atomic E-state index is 11.5. The lowest BCUT2D eigenvalue weighted by molar-refractivity contribution is -0.0549. The summed E-state index contributed by atoms with van der Waals surface area (Å²) in [5, 5.41) is 56.3. The molecule has 12 N–H and O–H groups in total. The molecule has 2 aromatic heterocycles. The first-order valence-electron chi connectivity index (χ1n) is 10.7. The average molecular weight is 585 g/mol. The number of aromatic nitrogens is 4. The van der Waals surface area contributed by atoms with E-state index >= 15 is 0 Å². The van der Waals surface area contributed by atoms with Crippen LogP contribution in [0.25, 0.3) is 0 Å². The fraction of sp³-hybridized carbons (Fsp3) is 0.556. The Balaban J connectivity index is 0.000000234. The van der Waals surface area contributed by atoms with Crippen LogP contribution in [-0.4, -0.2) is 117 Å². The van der Waals surface area contributed by atoms with Crippen LogP contribution in [0.4, 0.5) is 11.6 Å². The Morgan fingerprint density at radius 3 is 1.28 bits per heavy atom. The minimum Gasteiger partial charge on any atom is -0.394 e. The minimum absolute atomic E-state index is 0.0537. The Morgan fingerprint density at radius 2 is 1.05 bits per heavy atom. The molecular weight excluding hydrogens is 556 g/mol. The molecule has 0 aromatic carbocycles. The molecule has 4 rings (SSSR count). The highest BCUT2D eigenvalue weighted by molar-refractivity contribution is 7.79. The predicted molar refractivity (Wildman–Crippen MR) is 126 cm³/mol. The molecule has 2 aliphatic rings. The number of nitrogens with two attached hydrogens (primary N) is 2. The van der Waals surface area contributed by atoms with Gasteiger partial charge in [0.25, 0.3) is 0 Å². The van der Waals surface area contributed by atoms with E-state index < -0.39 is 84.1 Å². The van der Waals surface area contributed by atoms with Crippen molar-refractivity contribution in [1.82, 2.24) is 19.1 Å². The smallest absolute Gasteiger partial charge is 0.394 e. The molecule has 2 aliphatic heterocycles. The molecule has 220 valence electrons. The molecule has 0 spiro atoms. The molecule has 20 nitrogen and oxygen atoms in total. The molecule has 2 aromatic rings. The molecule has 0 saturated carbocycles. The standard InChI is InChI=1S/2C9H13N3O5.H2O4S/c2*10-5-1-2-12(9(16)11-5)8-7(15)6(14)4(3-13)17-8;1-5(2,3)4/h2*1-2,4,6-8,13-15H,3H2,(H2,10,11,16);(H2,1,2,3,4)/t2*4-,6?,7?,8-;/m10./s1. The summed E-state index contributed by atoms with van der Waals surface area (Å²) < 4.78 is 44.0. The Morgan fingerprint density at radius 1 is 0.744 bits per heavy atom. The van der Waals surface area contributed by atoms with Gasteiger partial charge in [-0.05, 0) is 12.1 Å². The van der Waals surface area contributed by atoms with E-state index in [1.807, 2.05) is 0 Å². The van der Waals surface area contributed by atoms with E-state index in [2.05, 4.69) is 9.97 Å². The molecular formula is C18H28N6O14S. The molecule has 0 bridgehead atoms. The zero-order chi connectivity index (χ0) is 29.7. The first kappa shape index (κ1) is 32.1. The van der Waals surface area contributed by atoms with Crippen LogP contribution in [0.1, 0.15) is 12.5 Å². The van der Waals surface area contributed by atoms with Crippen molar-refractivity contribution in [3.8, 4) is 0 Å². The van der Waals surface area contributed by atoms with Gasteiger partial charge >= 0.3 is 21.8 Å². The fourth-order valence-electron chi connectivity index (χ4n) is 3.46. The highest BCUT2D eigenvalue weighted by Crippen LogP contribution is 2.28. The van der Waals surface area contributed by atoms with Gasteiger partial charge in [0.15, 0.2) is 12.5 Å². The summed E-state index contributed by atoms with van der Waals surface area (Å²) in [5.74, 6) is 0.107. The topological polar surface area (TPSA) is 336 Å². The van der Waals surface area contributed by atoms with Crippen molar-refractivity contribution >= 4 is 22.0 Å². The van der Waals surface area contributed by atoms with Gasteiger partial charge in [-0.25, -0.2) is 9.59 Å². The zero-order valence-electron chi connectivity index (χ0n) is 19.7. The number of aliphatic hydroxyl groups is 6. The molecule has 21 heteroatoms. The second-order valence-corrected chi connectivity index (χ2v) is 8.89. The van der Waals surface area contributed by atoms with Gasteiger partial charge in [0.1, 0.15) is 48.3 Å². The van der Waals surface area contributed by atoms with Gasteiger partial charge in [-0.3, -0.25) is 18.2 Å². The van der Waals surface area contributed by atoms with Gasteiger partial charge in [-0.2, -0.15) is 18.4 Å². The maximum Gasteiger partial charge on any atom is 0.394 e. The van der Waals surface area contributed by atoms with E-state index in [9.17, 15) is 30.0 Å². The first-order valence-corrected chi connectivity index (χ1v) is 12.1. The second kappa shape index (κ2) is 13.3. The third-order valence-corrected chi connectivity index (χ3v) is 5.29. The van der Waals surface area contributed by atoms with Crippen molar-refractivity contribution in [2.24, 2.45) is 0 Å². The Bertz CT molecular complexity index is 1230. The molecule has 39 heavy (non-hydrogen) atoms. The van der Waals surface area contributed by atoms with Crippen molar-refractivity contribution in [1.29, 1.82) is 0 Å². The van der Waals surface area contributed by atoms with Crippen LogP contribution in [0.3, 0.4) is 0 Å². The van der Waals surface area contributed by atoms with Crippen molar-refractivity contribution in [2.45, 2.75) is 49.1 Å². The normalized spacial score (nSPS) is 30.2. The van der Waals surface area contributed by atoms with Crippen molar-refractivity contribution < 1.29 is 57.6 Å². The summed E-state index contributed by atoms with van der Waals surface area (Å²) in [7, 11) is -4.67. The van der Waals surface area contributed by atoms with E-state index in [0.29, 0.717) is 0 Å². The number of anilines is 2. The number of ether oxygens (including phenoxy) is 2. The summed E-state index contributed by atoms with van der Waals surface area (Å²) in [6, 6.07) is 2.74. The zero-order valence-corrected chi connectivity index (χ0v) is 20.5. The van der Waals surface area contributed by atoms with Gasteiger partial charge < -0.3 is 51.6 Å². The average Bonchev–Trinajstić information content (AvgIpc) is 3.28. The summed E-state index contributed by atoms with van der Waals surface area (Å²) in [6.45, 7) is -0.905. The van der Waals surface area contributed by atoms with Crippen LogP contribution in [0, 0.1) is 0 Å². The fourth-order valence-corrected chi connectivity index (χ4v) is 3.46. The summed E-state index contributed by atoms with van der Waals surface area (Å²) in [5.41, 5.74) is 9.26. The highest BCUT2D eigenvalue weighted by Gasteiger charge is 2.44. The Labute approximate surface area is 218 Å². The van der Waals surface area contributed by atoms with Crippen LogP contribution >= 0.6 is 0 Å². The van der Waals surface area contributed by atoms with Crippen molar-refractivity contribution in [2.75, 3.05) is 24.7 Å². The van der Waals surface area contributed by atoms with Gasteiger partial charge in [0.05, 0.1) is 13.2 Å². The lowest BCUT2D eigenvalue weighted by Gasteiger charge is -2.16. The number of aliphatic hydroxyl groups excluding tert-OH is 6. The molecule has 0 aliphatic carbocycles. The van der Waals surface area contributed by atoms with E-state index in [4.69, 9.17) is 48.7 Å². The molecule has 0 radical (unpaired) electrons. The first-order chi connectivity index (χ1) is 18.1. The third kappa shape index (κ3) is 8.45. The quantitative estimate of drug-likeness (QED) is 0.150. The lowest BCUT2D eigenvalue weighted by Crippen LogP contribution is -2.36. The summed E-state index contributed by atoms with van der Waals surface area (Å²) in [4.78, 5) is 30.0. The number of hydrogen-bond acceptors (Lipinski definition) is 16. The van der Waals surface area contributed by atoms with Crippen LogP contribution in [0.2, 0.25) is 0 Å². The molecule has 2 fully saturated rings. The monoisotopic (exact) mass is 584 g/mol. The second-order valence-electron chi connectivity index (χ2n) is 7.99. The lowest BCUT2D eigenvalue weighted by atomic mass is 10.1. The third-order valence-electron chi connectivity index (χ3n) is 5.29. The maximum atomic E-state index is 11.5. The number of rotatable bonds is 4. The highest BCUT2D eigenvalue weighted by atomic mass is 32.3. The predicted octanol–water partition coefficient (Wildman–Crippen LogP) is -5.78. The Hall–Kier alpha value is -3.09. The summed E-state index contributed by atoms with van der Waals surface area (Å²) >= 11 is 0. The number of nitrogens with zero attached hydrogens (tertiary/aromatic N) is 4. The Kier molecular flexibility index (Phi) is 11.0. The van der Waals surface area contributed by atoms with E-state index in [1.54, 1.807) is 0 Å². The van der Waals surface area contributed by atoms with Crippen LogP contribution in [0.15, 0.2) is 34.1 Å².